The summed E-state index contributed by atoms with van der Waals surface area (Å²) < 4.78 is 38.4. The van der Waals surface area contributed by atoms with Crippen LogP contribution in [-0.4, -0.2) is 25.8 Å². The molecular weight excluding hydrogens is 361 g/mol. The monoisotopic (exact) mass is 372 g/mol. The number of aromatic nitrogens is 4. The van der Waals surface area contributed by atoms with Crippen LogP contribution in [0, 0.1) is 0 Å². The van der Waals surface area contributed by atoms with Crippen molar-refractivity contribution >= 4 is 23.5 Å². The number of hydrogen-bond donors (Lipinski definition) is 2. The van der Waals surface area contributed by atoms with Crippen LogP contribution in [0.15, 0.2) is 42.7 Å². The molecule has 3 heterocycles. The van der Waals surface area contributed by atoms with Gasteiger partial charge >= 0.3 is 6.18 Å². The van der Waals surface area contributed by atoms with Crippen LogP contribution in [0.5, 0.6) is 0 Å². The fourth-order valence-electron chi connectivity index (χ4n) is 2.67. The number of fused-ring (bicyclic) bond motifs is 3. The predicted molar refractivity (Wildman–Crippen MR) is 90.1 cm³/mol. The first-order valence-electron chi connectivity index (χ1n) is 7.82. The Labute approximate surface area is 150 Å². The van der Waals surface area contributed by atoms with Gasteiger partial charge in [0.1, 0.15) is 5.69 Å². The molecule has 2 N–H and O–H groups in total. The molecule has 1 aliphatic heterocycles. The van der Waals surface area contributed by atoms with Crippen molar-refractivity contribution in [3.05, 3.63) is 54.0 Å². The normalized spacial score (nSPS) is 13.2. The van der Waals surface area contributed by atoms with Gasteiger partial charge in [-0.3, -0.25) is 10.1 Å². The zero-order valence-corrected chi connectivity index (χ0v) is 13.6. The summed E-state index contributed by atoms with van der Waals surface area (Å²) in [6, 6.07) is 7.88. The van der Waals surface area contributed by atoms with E-state index in [9.17, 15) is 18.0 Å². The molecule has 0 spiro atoms. The lowest BCUT2D eigenvalue weighted by Crippen LogP contribution is -2.13. The summed E-state index contributed by atoms with van der Waals surface area (Å²) in [5.41, 5.74) is 1.33. The van der Waals surface area contributed by atoms with Crippen LogP contribution in [0.1, 0.15) is 11.3 Å². The Morgan fingerprint density at radius 1 is 1.04 bits per heavy atom. The van der Waals surface area contributed by atoms with Gasteiger partial charge in [0, 0.05) is 23.5 Å². The fourth-order valence-corrected chi connectivity index (χ4v) is 2.67. The van der Waals surface area contributed by atoms with E-state index in [1.165, 1.54) is 6.20 Å². The number of carbonyl (C=O) groups excluding carboxylic acids is 1. The largest absolute Gasteiger partial charge is 0.433 e. The standard InChI is InChI=1S/C17H11F3N6O/c18-17(19,20)12-5-6-21-15(24-12)26-16-22-8-9-7-13(27)23-11-4-2-1-3-10(11)14(9)25-16/h1-6,8H,7H2,(H,23,27)(H,21,22,24,25,26). The molecule has 3 aromatic rings. The number of rotatable bonds is 2. The summed E-state index contributed by atoms with van der Waals surface area (Å²) >= 11 is 0. The summed E-state index contributed by atoms with van der Waals surface area (Å²) in [7, 11) is 0. The van der Waals surface area contributed by atoms with Crippen molar-refractivity contribution in [3.8, 4) is 11.3 Å². The fraction of sp³-hybridized carbons (Fsp3) is 0.118. The Morgan fingerprint density at radius 2 is 1.81 bits per heavy atom. The number of alkyl halides is 3. The van der Waals surface area contributed by atoms with Gasteiger partial charge in [-0.05, 0) is 12.1 Å². The average Bonchev–Trinajstić information content (AvgIpc) is 2.76. The molecule has 27 heavy (non-hydrogen) atoms. The van der Waals surface area contributed by atoms with Crippen LogP contribution < -0.4 is 10.6 Å². The molecular formula is C17H11F3N6O. The summed E-state index contributed by atoms with van der Waals surface area (Å²) in [6.07, 6.45) is -2.04. The second-order valence-electron chi connectivity index (χ2n) is 5.73. The molecule has 2 aromatic heterocycles. The first-order chi connectivity index (χ1) is 12.9. The second kappa shape index (κ2) is 6.31. The Kier molecular flexibility index (Phi) is 3.94. The molecule has 1 aliphatic rings. The Morgan fingerprint density at radius 3 is 2.63 bits per heavy atom. The minimum absolute atomic E-state index is 0.0252. The molecule has 7 nitrogen and oxygen atoms in total. The summed E-state index contributed by atoms with van der Waals surface area (Å²) in [5.74, 6) is -0.454. The number of nitrogens with zero attached hydrogens (tertiary/aromatic N) is 4. The minimum atomic E-state index is -4.58. The van der Waals surface area contributed by atoms with Crippen LogP contribution in [0.3, 0.4) is 0 Å². The lowest BCUT2D eigenvalue weighted by molar-refractivity contribution is -0.141. The summed E-state index contributed by atoms with van der Waals surface area (Å²) in [4.78, 5) is 27.6. The molecule has 4 rings (SSSR count). The van der Waals surface area contributed by atoms with Crippen molar-refractivity contribution in [3.63, 3.8) is 0 Å². The first kappa shape index (κ1) is 16.9. The predicted octanol–water partition coefficient (Wildman–Crippen LogP) is 3.19. The van der Waals surface area contributed by atoms with E-state index in [1.54, 1.807) is 24.3 Å². The number of carbonyl (C=O) groups is 1. The molecule has 0 saturated heterocycles. The van der Waals surface area contributed by atoms with Crippen LogP contribution >= 0.6 is 0 Å². The minimum Gasteiger partial charge on any atom is -0.325 e. The molecule has 0 unspecified atom stereocenters. The molecule has 136 valence electrons. The molecule has 0 radical (unpaired) electrons. The second-order valence-corrected chi connectivity index (χ2v) is 5.73. The smallest absolute Gasteiger partial charge is 0.325 e. The highest BCUT2D eigenvalue weighted by molar-refractivity contribution is 5.99. The molecule has 0 atom stereocenters. The van der Waals surface area contributed by atoms with Crippen molar-refractivity contribution in [1.82, 2.24) is 19.9 Å². The maximum atomic E-state index is 12.8. The highest BCUT2D eigenvalue weighted by Crippen LogP contribution is 2.33. The summed E-state index contributed by atoms with van der Waals surface area (Å²) in [5, 5.41) is 5.36. The lowest BCUT2D eigenvalue weighted by Gasteiger charge is -2.10. The number of anilines is 3. The Bertz CT molecular complexity index is 1040. The van der Waals surface area contributed by atoms with Crippen LogP contribution in [-0.2, 0) is 17.4 Å². The van der Waals surface area contributed by atoms with E-state index in [0.717, 1.165) is 12.3 Å². The maximum absolute atomic E-state index is 12.8. The van der Waals surface area contributed by atoms with E-state index in [1.807, 2.05) is 0 Å². The topological polar surface area (TPSA) is 92.7 Å². The third kappa shape index (κ3) is 3.41. The summed E-state index contributed by atoms with van der Waals surface area (Å²) in [6.45, 7) is 0. The lowest BCUT2D eigenvalue weighted by atomic mass is 10.1. The van der Waals surface area contributed by atoms with Gasteiger partial charge in [-0.15, -0.1) is 0 Å². The van der Waals surface area contributed by atoms with Crippen LogP contribution in [0.4, 0.5) is 30.8 Å². The van der Waals surface area contributed by atoms with Crippen molar-refractivity contribution in [2.24, 2.45) is 0 Å². The number of nitrogens with one attached hydrogen (secondary N) is 2. The van der Waals surface area contributed by atoms with E-state index in [2.05, 4.69) is 30.6 Å². The van der Waals surface area contributed by atoms with Gasteiger partial charge in [-0.2, -0.15) is 13.2 Å². The van der Waals surface area contributed by atoms with Crippen molar-refractivity contribution in [1.29, 1.82) is 0 Å². The van der Waals surface area contributed by atoms with Gasteiger partial charge in [0.25, 0.3) is 0 Å². The number of halogens is 3. The van der Waals surface area contributed by atoms with Gasteiger partial charge in [-0.1, -0.05) is 18.2 Å². The molecule has 0 saturated carbocycles. The highest BCUT2D eigenvalue weighted by Gasteiger charge is 2.32. The van der Waals surface area contributed by atoms with E-state index in [4.69, 9.17) is 0 Å². The maximum Gasteiger partial charge on any atom is 0.433 e. The molecule has 1 aromatic carbocycles. The van der Waals surface area contributed by atoms with Crippen molar-refractivity contribution in [2.75, 3.05) is 10.6 Å². The number of amides is 1. The zero-order valence-electron chi connectivity index (χ0n) is 13.6. The van der Waals surface area contributed by atoms with E-state index in [-0.39, 0.29) is 24.2 Å². The van der Waals surface area contributed by atoms with Gasteiger partial charge < -0.3 is 5.32 Å². The Balaban J connectivity index is 1.72. The van der Waals surface area contributed by atoms with E-state index >= 15 is 0 Å². The van der Waals surface area contributed by atoms with E-state index < -0.39 is 11.9 Å². The third-order valence-electron chi connectivity index (χ3n) is 3.84. The number of para-hydroxylation sites is 1. The van der Waals surface area contributed by atoms with Crippen LogP contribution in [0.2, 0.25) is 0 Å². The zero-order chi connectivity index (χ0) is 19.0. The molecule has 0 fully saturated rings. The molecule has 0 aliphatic carbocycles. The number of benzene rings is 1. The quantitative estimate of drug-likeness (QED) is 0.718. The van der Waals surface area contributed by atoms with Gasteiger partial charge in [0.15, 0.2) is 0 Å². The molecule has 0 bridgehead atoms. The van der Waals surface area contributed by atoms with Gasteiger partial charge in [0.05, 0.1) is 17.8 Å². The Hall–Kier alpha value is -3.56. The van der Waals surface area contributed by atoms with E-state index in [0.29, 0.717) is 22.5 Å². The number of hydrogen-bond acceptors (Lipinski definition) is 6. The van der Waals surface area contributed by atoms with Crippen LogP contribution in [0.25, 0.3) is 11.3 Å². The van der Waals surface area contributed by atoms with Gasteiger partial charge in [-0.25, -0.2) is 19.9 Å². The van der Waals surface area contributed by atoms with Crippen molar-refractivity contribution in [2.45, 2.75) is 12.6 Å². The molecule has 1 amide bonds. The SMILES string of the molecule is O=C1Cc2cnc(Nc3nccc(C(F)(F)F)n3)nc2-c2ccccc2N1. The first-order valence-corrected chi connectivity index (χ1v) is 7.82. The van der Waals surface area contributed by atoms with Crippen molar-refractivity contribution < 1.29 is 18.0 Å². The third-order valence-corrected chi connectivity index (χ3v) is 3.84. The highest BCUT2D eigenvalue weighted by atomic mass is 19.4. The average molecular weight is 372 g/mol. The van der Waals surface area contributed by atoms with Gasteiger partial charge in [0.2, 0.25) is 17.8 Å². The molecule has 10 heteroatoms.